The number of rotatable bonds is 2. The summed E-state index contributed by atoms with van der Waals surface area (Å²) in [5.41, 5.74) is 2.09. The molecule has 0 bridgehead atoms. The Morgan fingerprint density at radius 2 is 1.72 bits per heavy atom. The van der Waals surface area contributed by atoms with Crippen molar-refractivity contribution in [1.29, 1.82) is 0 Å². The lowest BCUT2D eigenvalue weighted by Crippen LogP contribution is -2.05. The fourth-order valence-corrected chi connectivity index (χ4v) is 3.19. The molecule has 0 saturated heterocycles. The number of carbonyl (C=O) groups is 2. The third-order valence-corrected chi connectivity index (χ3v) is 4.68. The van der Waals surface area contributed by atoms with Gasteiger partial charge >= 0.3 is 5.20 Å². The Morgan fingerprint density at radius 3 is 2.22 bits per heavy atom. The second-order valence-corrected chi connectivity index (χ2v) is 14.9. The van der Waals surface area contributed by atoms with Gasteiger partial charge in [-0.2, -0.15) is 0 Å². The molecular formula is C19H16Cl4FI2N2O3P. The number of aldehydes is 1. The van der Waals surface area contributed by atoms with E-state index >= 15 is 0 Å². The Morgan fingerprint density at radius 1 is 1.16 bits per heavy atom. The maximum absolute atomic E-state index is 10.6. The largest absolute Gasteiger partial charge is 0.339 e. The van der Waals surface area contributed by atoms with Crippen molar-refractivity contribution in [3.63, 3.8) is 0 Å². The first-order valence-electron chi connectivity index (χ1n) is 8.79. The number of nitrogens with one attached hydrogen (secondary N) is 1. The van der Waals surface area contributed by atoms with Gasteiger partial charge in [-0.25, -0.2) is 4.98 Å². The highest BCUT2D eigenvalue weighted by molar-refractivity contribution is 14.1. The van der Waals surface area contributed by atoms with E-state index in [2.05, 4.69) is 89.2 Å². The highest BCUT2D eigenvalue weighted by Gasteiger charge is 2.04. The molecule has 1 N–H and O–H groups in total. The fraction of sp³-hybridized carbons (Fsp3) is 0.105. The van der Waals surface area contributed by atoms with Gasteiger partial charge in [-0.3, -0.25) is 18.5 Å². The van der Waals surface area contributed by atoms with Crippen molar-refractivity contribution in [3.05, 3.63) is 66.4 Å². The van der Waals surface area contributed by atoms with Crippen molar-refractivity contribution < 1.29 is 19.9 Å². The van der Waals surface area contributed by atoms with Crippen LogP contribution in [0.3, 0.4) is 0 Å². The maximum Gasteiger partial charge on any atom is 0.339 e. The summed E-state index contributed by atoms with van der Waals surface area (Å²) in [5.74, 6) is -0.0352. The number of pyridine rings is 1. The Balaban J connectivity index is 0.000000480. The van der Waals surface area contributed by atoms with Crippen LogP contribution in [-0.4, -0.2) is 24.3 Å². The van der Waals surface area contributed by atoms with Crippen LogP contribution in [0.5, 0.6) is 0 Å². The molecule has 13 heteroatoms. The first-order valence-corrected chi connectivity index (χ1v) is 15.0. The molecule has 3 aromatic rings. The van der Waals surface area contributed by atoms with E-state index in [1.807, 2.05) is 42.5 Å². The van der Waals surface area contributed by atoms with Gasteiger partial charge in [0.05, 0.1) is 19.6 Å². The highest BCUT2D eigenvalue weighted by Crippen LogP contribution is 2.61. The number of benzene rings is 2. The van der Waals surface area contributed by atoms with E-state index in [-0.39, 0.29) is 11.1 Å². The molecule has 0 spiro atoms. The monoisotopic (exact) mass is 765 g/mol. The standard InChI is InChI=1S/C10H5ClINO.C8H8INO.CH3F.Cl3OP/c11-10-7(5-14)3-6-1-2-8(12)4-9(6)13-10;1-6(11)10-8-4-2-3-7(9)5-8;1-2;1-5(2,3)4/h1-5H;2-5H,1H3,(H,10,11);1H3;/i;;1D;. The number of halogens is 7. The van der Waals surface area contributed by atoms with Gasteiger partial charge in [0.1, 0.15) is 5.15 Å². The topological polar surface area (TPSA) is 76.1 Å². The van der Waals surface area contributed by atoms with E-state index < -0.39 is 12.4 Å². The summed E-state index contributed by atoms with van der Waals surface area (Å²) in [6, 6.07) is 15.2. The molecule has 174 valence electrons. The van der Waals surface area contributed by atoms with Crippen molar-refractivity contribution in [2.75, 3.05) is 12.5 Å². The van der Waals surface area contributed by atoms with Gasteiger partial charge in [0.2, 0.25) is 5.91 Å². The van der Waals surface area contributed by atoms with Crippen molar-refractivity contribution in [2.24, 2.45) is 0 Å². The Hall–Kier alpha value is -0.230. The smallest absolute Gasteiger partial charge is 0.326 e. The summed E-state index contributed by atoms with van der Waals surface area (Å²) < 4.78 is 27.2. The summed E-state index contributed by atoms with van der Waals surface area (Å²) in [4.78, 5) is 25.4. The van der Waals surface area contributed by atoms with Gasteiger partial charge in [0, 0.05) is 25.1 Å². The lowest BCUT2D eigenvalue weighted by molar-refractivity contribution is -0.114. The SMILES string of the molecule is CC(=O)Nc1cccc(I)c1.O=Cc1cc2ccc(I)cc2nc1Cl.O=P(Cl)(Cl)Cl.[2H]CF. The van der Waals surface area contributed by atoms with E-state index in [0.29, 0.717) is 11.8 Å². The molecule has 0 unspecified atom stereocenters. The predicted molar refractivity (Wildman–Crippen MR) is 151 cm³/mol. The summed E-state index contributed by atoms with van der Waals surface area (Å²) >= 11 is 24.1. The van der Waals surface area contributed by atoms with Crippen LogP contribution >= 0.6 is 95.7 Å². The molecule has 32 heavy (non-hydrogen) atoms. The molecule has 0 aliphatic carbocycles. The van der Waals surface area contributed by atoms with Gasteiger partial charge in [0.25, 0.3) is 0 Å². The van der Waals surface area contributed by atoms with Crippen LogP contribution in [0.25, 0.3) is 10.9 Å². The third-order valence-electron chi connectivity index (χ3n) is 3.03. The first-order chi connectivity index (χ1) is 15.3. The number of anilines is 1. The van der Waals surface area contributed by atoms with E-state index in [4.69, 9.17) is 13.0 Å². The van der Waals surface area contributed by atoms with Crippen molar-refractivity contribution in [2.45, 2.75) is 6.92 Å². The molecule has 3 rings (SSSR count). The zero-order valence-corrected chi connectivity index (χ0v) is 24.4. The average Bonchev–Trinajstić information content (AvgIpc) is 2.67. The summed E-state index contributed by atoms with van der Waals surface area (Å²) in [6.07, 6.45) is 0.715. The van der Waals surface area contributed by atoms with E-state index in [1.54, 1.807) is 6.07 Å². The summed E-state index contributed by atoms with van der Waals surface area (Å²) in [6.45, 7) is 1.50. The van der Waals surface area contributed by atoms with E-state index in [0.717, 1.165) is 23.7 Å². The van der Waals surface area contributed by atoms with Gasteiger partial charge in [-0.1, -0.05) is 23.7 Å². The number of hydrogen-bond donors (Lipinski definition) is 1. The Bertz CT molecular complexity index is 1120. The molecule has 5 nitrogen and oxygen atoms in total. The van der Waals surface area contributed by atoms with E-state index in [1.165, 1.54) is 6.92 Å². The van der Waals surface area contributed by atoms with Crippen LogP contribution in [-0.2, 0) is 9.36 Å². The minimum absolute atomic E-state index is 0.0352. The number of aromatic nitrogens is 1. The Kier molecular flexibility index (Phi) is 15.3. The summed E-state index contributed by atoms with van der Waals surface area (Å²) in [5, 5.41) is 0.666. The molecule has 0 radical (unpaired) electrons. The van der Waals surface area contributed by atoms with Gasteiger partial charge < -0.3 is 5.32 Å². The second-order valence-electron chi connectivity index (χ2n) is 5.41. The molecule has 1 heterocycles. The molecule has 0 fully saturated rings. The van der Waals surface area contributed by atoms with Crippen LogP contribution in [0.1, 0.15) is 18.7 Å². The molecule has 2 aromatic carbocycles. The molecule has 0 aliphatic heterocycles. The fourth-order valence-electron chi connectivity index (χ4n) is 1.99. The van der Waals surface area contributed by atoms with Gasteiger partial charge in [0.15, 0.2) is 6.29 Å². The maximum atomic E-state index is 10.6. The lowest BCUT2D eigenvalue weighted by Gasteiger charge is -2.00. The number of amides is 1. The van der Waals surface area contributed by atoms with Crippen LogP contribution in [0.15, 0.2) is 48.5 Å². The van der Waals surface area contributed by atoms with Crippen molar-refractivity contribution in [3.8, 4) is 0 Å². The summed E-state index contributed by atoms with van der Waals surface area (Å²) in [7, 11) is -1.00. The second kappa shape index (κ2) is 16.4. The number of hydrogen-bond acceptors (Lipinski definition) is 4. The minimum Gasteiger partial charge on any atom is -0.326 e. The van der Waals surface area contributed by atoms with Crippen molar-refractivity contribution >= 4 is 124 Å². The quantitative estimate of drug-likeness (QED) is 0.122. The first kappa shape index (κ1) is 29.8. The van der Waals surface area contributed by atoms with Crippen LogP contribution in [0.2, 0.25) is 5.15 Å². The van der Waals surface area contributed by atoms with Gasteiger partial charge in [-0.05, 0) is 115 Å². The Labute approximate surface area is 233 Å². The van der Waals surface area contributed by atoms with E-state index in [9.17, 15) is 18.5 Å². The van der Waals surface area contributed by atoms with Crippen molar-refractivity contribution in [1.82, 2.24) is 4.98 Å². The molecular weight excluding hydrogens is 750 g/mol. The molecule has 0 atom stereocenters. The third kappa shape index (κ3) is 14.8. The van der Waals surface area contributed by atoms with Crippen LogP contribution in [0.4, 0.5) is 10.1 Å². The minimum atomic E-state index is -3.22. The normalized spacial score (nSPS) is 10.2. The molecule has 0 aliphatic rings. The number of nitrogens with zero attached hydrogens (tertiary/aromatic N) is 1. The van der Waals surface area contributed by atoms with Gasteiger partial charge in [-0.15, -0.1) is 0 Å². The molecule has 1 aromatic heterocycles. The lowest BCUT2D eigenvalue weighted by atomic mass is 10.2. The molecule has 1 amide bonds. The zero-order chi connectivity index (χ0) is 25.6. The average molecular weight is 767 g/mol. The number of carbonyl (C=O) groups excluding carboxylic acids is 2. The number of fused-ring (bicyclic) bond motifs is 1. The van der Waals surface area contributed by atoms with Crippen LogP contribution < -0.4 is 5.32 Å². The predicted octanol–water partition coefficient (Wildman–Crippen LogP) is 8.95. The zero-order valence-electron chi connectivity index (χ0n) is 17.2. The highest BCUT2D eigenvalue weighted by atomic mass is 127. The molecule has 0 saturated carbocycles. The number of alkyl halides is 1. The van der Waals surface area contributed by atoms with Crippen LogP contribution in [0, 0.1) is 7.14 Å².